The molecule has 0 spiro atoms. The van der Waals surface area contributed by atoms with Gasteiger partial charge < -0.3 is 15.4 Å². The van der Waals surface area contributed by atoms with E-state index in [1.807, 2.05) is 0 Å². The number of methoxy groups -OCH3 is 1. The maximum Gasteiger partial charge on any atom is 0.142 e. The van der Waals surface area contributed by atoms with Gasteiger partial charge in [0.1, 0.15) is 5.75 Å². The lowest BCUT2D eigenvalue weighted by atomic mass is 10.1. The lowest BCUT2D eigenvalue weighted by Crippen LogP contribution is -2.28. The number of benzene rings is 1. The largest absolute Gasteiger partial charge is 0.495 e. The van der Waals surface area contributed by atoms with Gasteiger partial charge in [0.25, 0.3) is 0 Å². The summed E-state index contributed by atoms with van der Waals surface area (Å²) in [6.45, 7) is 8.03. The Morgan fingerprint density at radius 2 is 1.88 bits per heavy atom. The summed E-state index contributed by atoms with van der Waals surface area (Å²) in [4.78, 5) is 2.21. The molecule has 0 bridgehead atoms. The molecular weight excluding hydrogens is 212 g/mol. The predicted molar refractivity (Wildman–Crippen MR) is 74.0 cm³/mol. The first-order valence-electron chi connectivity index (χ1n) is 6.06. The zero-order valence-electron chi connectivity index (χ0n) is 11.6. The third-order valence-electron chi connectivity index (χ3n) is 3.19. The molecule has 0 saturated heterocycles. The Kier molecular flexibility index (Phi) is 4.82. The highest BCUT2D eigenvalue weighted by Crippen LogP contribution is 2.30. The minimum atomic E-state index is 0.478. The molecule has 3 nitrogen and oxygen atoms in total. The van der Waals surface area contributed by atoms with Crippen LogP contribution in [-0.4, -0.2) is 27.2 Å². The topological polar surface area (TPSA) is 38.5 Å². The maximum atomic E-state index is 5.67. The molecule has 1 aromatic rings. The third-order valence-corrected chi connectivity index (χ3v) is 3.19. The van der Waals surface area contributed by atoms with Crippen molar-refractivity contribution in [1.29, 1.82) is 0 Å². The molecule has 0 radical (unpaired) electrons. The van der Waals surface area contributed by atoms with Crippen molar-refractivity contribution in [1.82, 2.24) is 0 Å². The summed E-state index contributed by atoms with van der Waals surface area (Å²) in [6, 6.07) is 4.27. The fourth-order valence-electron chi connectivity index (χ4n) is 1.88. The molecule has 1 aromatic carbocycles. The van der Waals surface area contributed by atoms with Gasteiger partial charge in [-0.1, -0.05) is 6.92 Å². The van der Waals surface area contributed by atoms with Crippen LogP contribution in [0.2, 0.25) is 0 Å². The second-order valence-electron chi connectivity index (χ2n) is 4.83. The molecule has 0 heterocycles. The van der Waals surface area contributed by atoms with Gasteiger partial charge in [-0.3, -0.25) is 0 Å². The number of anilines is 1. The van der Waals surface area contributed by atoms with Crippen molar-refractivity contribution in [2.75, 3.05) is 32.1 Å². The molecule has 1 atom stereocenters. The monoisotopic (exact) mass is 236 g/mol. The van der Waals surface area contributed by atoms with Gasteiger partial charge in [-0.2, -0.15) is 0 Å². The summed E-state index contributed by atoms with van der Waals surface area (Å²) in [5.74, 6) is 1.41. The molecule has 1 rings (SSSR count). The minimum Gasteiger partial charge on any atom is -0.495 e. The summed E-state index contributed by atoms with van der Waals surface area (Å²) < 4.78 is 5.44. The molecule has 0 amide bonds. The Bertz CT molecular complexity index is 377. The summed E-state index contributed by atoms with van der Waals surface area (Å²) in [5, 5.41) is 0. The van der Waals surface area contributed by atoms with Crippen LogP contribution in [-0.2, 0) is 0 Å². The number of hydrogen-bond acceptors (Lipinski definition) is 3. The lowest BCUT2D eigenvalue weighted by Gasteiger charge is -2.25. The number of nitrogens with two attached hydrogens (primary N) is 1. The van der Waals surface area contributed by atoms with Crippen LogP contribution in [0, 0.1) is 19.8 Å². The average Bonchev–Trinajstić information content (AvgIpc) is 2.31. The number of ether oxygens (including phenoxy) is 1. The van der Waals surface area contributed by atoms with E-state index in [0.29, 0.717) is 12.5 Å². The quantitative estimate of drug-likeness (QED) is 0.853. The van der Waals surface area contributed by atoms with Crippen molar-refractivity contribution in [3.63, 3.8) is 0 Å². The van der Waals surface area contributed by atoms with E-state index in [4.69, 9.17) is 10.5 Å². The number of nitrogens with zero attached hydrogens (tertiary/aromatic N) is 1. The summed E-state index contributed by atoms with van der Waals surface area (Å²) in [5.41, 5.74) is 9.34. The second-order valence-corrected chi connectivity index (χ2v) is 4.83. The summed E-state index contributed by atoms with van der Waals surface area (Å²) in [6.07, 6.45) is 0. The fraction of sp³-hybridized carbons (Fsp3) is 0.571. The molecule has 0 aromatic heterocycles. The zero-order valence-corrected chi connectivity index (χ0v) is 11.6. The van der Waals surface area contributed by atoms with Crippen LogP contribution in [0.15, 0.2) is 12.1 Å². The molecule has 0 aliphatic heterocycles. The van der Waals surface area contributed by atoms with Gasteiger partial charge in [0.05, 0.1) is 12.8 Å². The normalized spacial score (nSPS) is 12.4. The van der Waals surface area contributed by atoms with E-state index < -0.39 is 0 Å². The first-order chi connectivity index (χ1) is 7.99. The second kappa shape index (κ2) is 5.92. The van der Waals surface area contributed by atoms with Crippen LogP contribution in [0.5, 0.6) is 5.75 Å². The molecular formula is C14H24N2O. The standard InChI is InChI=1S/C14H24N2O/c1-10(8-15)9-16(4)13-6-11(2)12(3)7-14(13)17-5/h6-7,10H,8-9,15H2,1-5H3. The average molecular weight is 236 g/mol. The molecule has 1 unspecified atom stereocenters. The molecule has 17 heavy (non-hydrogen) atoms. The lowest BCUT2D eigenvalue weighted by molar-refractivity contribution is 0.413. The van der Waals surface area contributed by atoms with E-state index in [2.05, 4.69) is 44.9 Å². The smallest absolute Gasteiger partial charge is 0.142 e. The van der Waals surface area contributed by atoms with Crippen molar-refractivity contribution in [3.8, 4) is 5.75 Å². The minimum absolute atomic E-state index is 0.478. The van der Waals surface area contributed by atoms with Gasteiger partial charge in [0, 0.05) is 13.6 Å². The SMILES string of the molecule is COc1cc(C)c(C)cc1N(C)CC(C)CN. The number of aryl methyl sites for hydroxylation is 2. The Balaban J connectivity index is 2.99. The van der Waals surface area contributed by atoms with Crippen LogP contribution >= 0.6 is 0 Å². The van der Waals surface area contributed by atoms with E-state index in [-0.39, 0.29) is 0 Å². The van der Waals surface area contributed by atoms with Crippen LogP contribution in [0.25, 0.3) is 0 Å². The van der Waals surface area contributed by atoms with E-state index in [9.17, 15) is 0 Å². The van der Waals surface area contributed by atoms with Gasteiger partial charge in [0.2, 0.25) is 0 Å². The number of hydrogen-bond donors (Lipinski definition) is 1. The third kappa shape index (κ3) is 3.37. The molecule has 96 valence electrons. The van der Waals surface area contributed by atoms with E-state index in [1.54, 1.807) is 7.11 Å². The van der Waals surface area contributed by atoms with E-state index in [0.717, 1.165) is 18.0 Å². The Morgan fingerprint density at radius 1 is 1.29 bits per heavy atom. The van der Waals surface area contributed by atoms with Crippen molar-refractivity contribution in [2.24, 2.45) is 11.7 Å². The Labute approximate surface area is 105 Å². The van der Waals surface area contributed by atoms with Crippen LogP contribution < -0.4 is 15.4 Å². The van der Waals surface area contributed by atoms with Gasteiger partial charge >= 0.3 is 0 Å². The van der Waals surface area contributed by atoms with Crippen LogP contribution in [0.3, 0.4) is 0 Å². The molecule has 3 heteroatoms. The van der Waals surface area contributed by atoms with Crippen molar-refractivity contribution >= 4 is 5.69 Å². The highest BCUT2D eigenvalue weighted by Gasteiger charge is 2.12. The molecule has 0 saturated carbocycles. The molecule has 0 aliphatic carbocycles. The van der Waals surface area contributed by atoms with Gasteiger partial charge in [-0.15, -0.1) is 0 Å². The van der Waals surface area contributed by atoms with Gasteiger partial charge in [-0.05, 0) is 49.6 Å². The van der Waals surface area contributed by atoms with Gasteiger partial charge in [-0.25, -0.2) is 0 Å². The van der Waals surface area contributed by atoms with Crippen LogP contribution in [0.4, 0.5) is 5.69 Å². The molecule has 0 fully saturated rings. The summed E-state index contributed by atoms with van der Waals surface area (Å²) in [7, 11) is 3.80. The van der Waals surface area contributed by atoms with Crippen molar-refractivity contribution in [2.45, 2.75) is 20.8 Å². The van der Waals surface area contributed by atoms with E-state index >= 15 is 0 Å². The first-order valence-corrected chi connectivity index (χ1v) is 6.06. The maximum absolute atomic E-state index is 5.67. The summed E-state index contributed by atoms with van der Waals surface area (Å²) >= 11 is 0. The Hall–Kier alpha value is -1.22. The van der Waals surface area contributed by atoms with E-state index in [1.165, 1.54) is 11.1 Å². The highest BCUT2D eigenvalue weighted by molar-refractivity contribution is 5.61. The molecule has 2 N–H and O–H groups in total. The predicted octanol–water partition coefficient (Wildman–Crippen LogP) is 2.34. The van der Waals surface area contributed by atoms with Crippen LogP contribution in [0.1, 0.15) is 18.1 Å². The zero-order chi connectivity index (χ0) is 13.0. The Morgan fingerprint density at radius 3 is 2.41 bits per heavy atom. The first kappa shape index (κ1) is 13.8. The highest BCUT2D eigenvalue weighted by atomic mass is 16.5. The van der Waals surface area contributed by atoms with Gasteiger partial charge in [0.15, 0.2) is 0 Å². The molecule has 0 aliphatic rings. The van der Waals surface area contributed by atoms with Crippen molar-refractivity contribution < 1.29 is 4.74 Å². The van der Waals surface area contributed by atoms with Crippen molar-refractivity contribution in [3.05, 3.63) is 23.3 Å². The fourth-order valence-corrected chi connectivity index (χ4v) is 1.88. The number of rotatable bonds is 5.